The van der Waals surface area contributed by atoms with E-state index in [-0.39, 0.29) is 11.5 Å². The van der Waals surface area contributed by atoms with Crippen LogP contribution in [0.1, 0.15) is 11.1 Å². The molecule has 1 rings (SSSR count). The van der Waals surface area contributed by atoms with E-state index < -0.39 is 27.5 Å². The number of thiocarbonyl (C=S) groups is 1. The Morgan fingerprint density at radius 3 is 2.21 bits per heavy atom. The van der Waals surface area contributed by atoms with E-state index in [0.717, 1.165) is 12.1 Å². The zero-order valence-electron chi connectivity index (χ0n) is 9.57. The Balaban J connectivity index is 2.67. The second kappa shape index (κ2) is 5.85. The fourth-order valence-electron chi connectivity index (χ4n) is 1.24. The van der Waals surface area contributed by atoms with Gasteiger partial charge >= 0.3 is 6.18 Å². The SMILES string of the molecule is NC(=S)CS(=O)(=O)NCc1ccc(C(F)(F)F)cc1. The molecule has 0 aliphatic rings. The van der Waals surface area contributed by atoms with Gasteiger partial charge in [-0.3, -0.25) is 0 Å². The van der Waals surface area contributed by atoms with Gasteiger partial charge in [-0.15, -0.1) is 0 Å². The van der Waals surface area contributed by atoms with Crippen LogP contribution in [-0.4, -0.2) is 19.2 Å². The zero-order valence-corrected chi connectivity index (χ0v) is 11.2. The summed E-state index contributed by atoms with van der Waals surface area (Å²) < 4.78 is 61.8. The Morgan fingerprint density at radius 1 is 1.26 bits per heavy atom. The molecule has 3 N–H and O–H groups in total. The maximum atomic E-state index is 12.3. The normalized spacial score (nSPS) is 12.4. The average Bonchev–Trinajstić information content (AvgIpc) is 2.24. The van der Waals surface area contributed by atoms with Crippen LogP contribution in [0, 0.1) is 0 Å². The minimum Gasteiger partial charge on any atom is -0.392 e. The van der Waals surface area contributed by atoms with Gasteiger partial charge in [-0.25, -0.2) is 13.1 Å². The topological polar surface area (TPSA) is 72.2 Å². The number of halogens is 3. The summed E-state index contributed by atoms with van der Waals surface area (Å²) in [4.78, 5) is -0.181. The summed E-state index contributed by atoms with van der Waals surface area (Å²) in [6.07, 6.45) is -4.41. The van der Waals surface area contributed by atoms with Crippen LogP contribution in [0.2, 0.25) is 0 Å². The van der Waals surface area contributed by atoms with Gasteiger partial charge in [0.25, 0.3) is 0 Å². The highest BCUT2D eigenvalue weighted by Crippen LogP contribution is 2.29. The Hall–Kier alpha value is -1.19. The van der Waals surface area contributed by atoms with Crippen molar-refractivity contribution in [2.24, 2.45) is 5.73 Å². The van der Waals surface area contributed by atoms with Crippen LogP contribution in [0.5, 0.6) is 0 Å². The summed E-state index contributed by atoms with van der Waals surface area (Å²) in [5, 5.41) is 0. The summed E-state index contributed by atoms with van der Waals surface area (Å²) in [5.41, 5.74) is 4.72. The van der Waals surface area contributed by atoms with Crippen LogP contribution in [0.25, 0.3) is 0 Å². The van der Waals surface area contributed by atoms with Gasteiger partial charge in [-0.2, -0.15) is 13.2 Å². The third kappa shape index (κ3) is 5.53. The highest BCUT2D eigenvalue weighted by molar-refractivity contribution is 7.92. The van der Waals surface area contributed by atoms with Crippen LogP contribution >= 0.6 is 12.2 Å². The molecule has 0 spiro atoms. The summed E-state index contributed by atoms with van der Waals surface area (Å²) in [6, 6.07) is 4.17. The van der Waals surface area contributed by atoms with E-state index >= 15 is 0 Å². The van der Waals surface area contributed by atoms with Crippen molar-refractivity contribution in [2.45, 2.75) is 12.7 Å². The van der Waals surface area contributed by atoms with E-state index in [1.165, 1.54) is 12.1 Å². The number of benzene rings is 1. The number of rotatable bonds is 5. The number of hydrogen-bond donors (Lipinski definition) is 2. The first-order valence-electron chi connectivity index (χ1n) is 5.02. The van der Waals surface area contributed by atoms with Crippen LogP contribution in [-0.2, 0) is 22.7 Å². The van der Waals surface area contributed by atoms with Crippen molar-refractivity contribution < 1.29 is 21.6 Å². The molecule has 4 nitrogen and oxygen atoms in total. The van der Waals surface area contributed by atoms with E-state index in [4.69, 9.17) is 5.73 Å². The fraction of sp³-hybridized carbons (Fsp3) is 0.300. The maximum Gasteiger partial charge on any atom is 0.416 e. The van der Waals surface area contributed by atoms with Gasteiger partial charge < -0.3 is 5.73 Å². The molecule has 0 unspecified atom stereocenters. The van der Waals surface area contributed by atoms with Crippen molar-refractivity contribution in [3.05, 3.63) is 35.4 Å². The minimum atomic E-state index is -4.41. The lowest BCUT2D eigenvalue weighted by Gasteiger charge is -2.08. The van der Waals surface area contributed by atoms with E-state index in [9.17, 15) is 21.6 Å². The maximum absolute atomic E-state index is 12.3. The molecule has 19 heavy (non-hydrogen) atoms. The largest absolute Gasteiger partial charge is 0.416 e. The molecule has 1 aromatic carbocycles. The summed E-state index contributed by atoms with van der Waals surface area (Å²) in [6.45, 7) is -0.122. The van der Waals surface area contributed by atoms with Crippen molar-refractivity contribution >= 4 is 27.2 Å². The van der Waals surface area contributed by atoms with Crippen LogP contribution < -0.4 is 10.5 Å². The van der Waals surface area contributed by atoms with Crippen molar-refractivity contribution in [3.8, 4) is 0 Å². The molecule has 0 fully saturated rings. The molecule has 0 bridgehead atoms. The van der Waals surface area contributed by atoms with Crippen LogP contribution in [0.3, 0.4) is 0 Å². The molecule has 0 amide bonds. The first kappa shape index (κ1) is 15.9. The first-order valence-corrected chi connectivity index (χ1v) is 7.08. The van der Waals surface area contributed by atoms with Crippen molar-refractivity contribution in [2.75, 3.05) is 5.75 Å². The lowest BCUT2D eigenvalue weighted by Crippen LogP contribution is -2.32. The van der Waals surface area contributed by atoms with Crippen molar-refractivity contribution in [1.82, 2.24) is 4.72 Å². The lowest BCUT2D eigenvalue weighted by atomic mass is 10.1. The molecular formula is C10H11F3N2O2S2. The number of alkyl halides is 3. The van der Waals surface area contributed by atoms with Gasteiger partial charge in [0.05, 0.1) is 10.6 Å². The summed E-state index contributed by atoms with van der Waals surface area (Å²) in [7, 11) is -3.66. The van der Waals surface area contributed by atoms with E-state index in [1.807, 2.05) is 0 Å². The monoisotopic (exact) mass is 312 g/mol. The highest BCUT2D eigenvalue weighted by atomic mass is 32.2. The number of nitrogens with one attached hydrogen (secondary N) is 1. The molecule has 0 saturated heterocycles. The number of sulfonamides is 1. The van der Waals surface area contributed by atoms with Crippen LogP contribution in [0.4, 0.5) is 13.2 Å². The van der Waals surface area contributed by atoms with Crippen molar-refractivity contribution in [1.29, 1.82) is 0 Å². The second-order valence-corrected chi connectivity index (χ2v) is 6.07. The minimum absolute atomic E-state index is 0.122. The third-order valence-electron chi connectivity index (χ3n) is 2.11. The van der Waals surface area contributed by atoms with Gasteiger partial charge in [0.2, 0.25) is 10.0 Å². The summed E-state index contributed by atoms with van der Waals surface area (Å²) in [5.74, 6) is -0.497. The Morgan fingerprint density at radius 2 is 1.79 bits per heavy atom. The molecule has 9 heteroatoms. The number of nitrogens with two attached hydrogens (primary N) is 1. The third-order valence-corrected chi connectivity index (χ3v) is 3.71. The highest BCUT2D eigenvalue weighted by Gasteiger charge is 2.29. The fourth-order valence-corrected chi connectivity index (χ4v) is 2.57. The summed E-state index contributed by atoms with van der Waals surface area (Å²) >= 11 is 4.47. The molecule has 0 radical (unpaired) electrons. The Kier molecular flexibility index (Phi) is 4.88. The molecule has 0 atom stereocenters. The molecule has 0 heterocycles. The first-order chi connectivity index (χ1) is 8.60. The molecule has 0 aromatic heterocycles. The predicted octanol–water partition coefficient (Wildman–Crippen LogP) is 1.41. The Labute approximate surface area is 113 Å². The molecular weight excluding hydrogens is 301 g/mol. The standard InChI is InChI=1S/C10H11F3N2O2S2/c11-10(12,13)8-3-1-7(2-4-8)5-15-19(16,17)6-9(14)18/h1-4,15H,5-6H2,(H2,14,18). The van der Waals surface area contributed by atoms with Gasteiger partial charge in [0, 0.05) is 6.54 Å². The average molecular weight is 312 g/mol. The van der Waals surface area contributed by atoms with E-state index in [2.05, 4.69) is 16.9 Å². The van der Waals surface area contributed by atoms with Crippen molar-refractivity contribution in [3.63, 3.8) is 0 Å². The van der Waals surface area contributed by atoms with Gasteiger partial charge in [-0.05, 0) is 17.7 Å². The Bertz CT molecular complexity index is 553. The molecule has 0 aliphatic heterocycles. The van der Waals surface area contributed by atoms with Gasteiger partial charge in [0.1, 0.15) is 5.75 Å². The molecule has 0 saturated carbocycles. The van der Waals surface area contributed by atoms with Crippen LogP contribution in [0.15, 0.2) is 24.3 Å². The van der Waals surface area contributed by atoms with Gasteiger partial charge in [-0.1, -0.05) is 24.4 Å². The molecule has 1 aromatic rings. The molecule has 106 valence electrons. The number of hydrogen-bond acceptors (Lipinski definition) is 3. The predicted molar refractivity (Wildman–Crippen MR) is 68.9 cm³/mol. The zero-order chi connectivity index (χ0) is 14.7. The van der Waals surface area contributed by atoms with Gasteiger partial charge in [0.15, 0.2) is 0 Å². The smallest absolute Gasteiger partial charge is 0.392 e. The lowest BCUT2D eigenvalue weighted by molar-refractivity contribution is -0.137. The quantitative estimate of drug-likeness (QED) is 0.807. The van der Waals surface area contributed by atoms with E-state index in [1.54, 1.807) is 0 Å². The molecule has 0 aliphatic carbocycles. The second-order valence-electron chi connectivity index (χ2n) is 3.74. The van der Waals surface area contributed by atoms with E-state index in [0.29, 0.717) is 5.56 Å².